The molecule has 2 heterocycles. The van der Waals surface area contributed by atoms with Crippen LogP contribution in [0.3, 0.4) is 0 Å². The van der Waals surface area contributed by atoms with Crippen LogP contribution in [-0.4, -0.2) is 28.3 Å². The summed E-state index contributed by atoms with van der Waals surface area (Å²) in [5, 5.41) is 12.3. The monoisotopic (exact) mass is 317 g/mol. The molecule has 0 amide bonds. The van der Waals surface area contributed by atoms with Gasteiger partial charge in [-0.25, -0.2) is 0 Å². The van der Waals surface area contributed by atoms with Gasteiger partial charge >= 0.3 is 0 Å². The van der Waals surface area contributed by atoms with Gasteiger partial charge in [0, 0.05) is 24.7 Å². The molecule has 0 aliphatic carbocycles. The van der Waals surface area contributed by atoms with Crippen LogP contribution in [0.4, 0.5) is 11.8 Å². The second-order valence-electron chi connectivity index (χ2n) is 5.79. The van der Waals surface area contributed by atoms with Gasteiger partial charge in [-0.1, -0.05) is 30.7 Å². The molecule has 1 N–H and O–H groups in total. The first-order valence-electron chi connectivity index (χ1n) is 7.64. The van der Waals surface area contributed by atoms with Crippen LogP contribution in [0.5, 0.6) is 0 Å². The van der Waals surface area contributed by atoms with Gasteiger partial charge in [0.2, 0.25) is 5.95 Å². The van der Waals surface area contributed by atoms with Crippen LogP contribution < -0.4 is 10.2 Å². The molecule has 0 atom stereocenters. The molecule has 0 unspecified atom stereocenters. The molecular formula is C16H20ClN5. The molecule has 0 bridgehead atoms. The molecule has 1 aliphatic rings. The second-order valence-corrected chi connectivity index (χ2v) is 6.23. The minimum atomic E-state index is 0.687. The van der Waals surface area contributed by atoms with Gasteiger partial charge in [0.25, 0.3) is 0 Å². The Morgan fingerprint density at radius 2 is 1.95 bits per heavy atom. The smallest absolute Gasteiger partial charge is 0.247 e. The number of aromatic nitrogens is 3. The van der Waals surface area contributed by atoms with Crippen molar-refractivity contribution in [3.63, 3.8) is 0 Å². The van der Waals surface area contributed by atoms with Gasteiger partial charge in [-0.2, -0.15) is 10.1 Å². The largest absolute Gasteiger partial charge is 0.365 e. The Labute approximate surface area is 135 Å². The summed E-state index contributed by atoms with van der Waals surface area (Å²) in [6, 6.07) is 7.77. The van der Waals surface area contributed by atoms with Gasteiger partial charge in [-0.3, -0.25) is 0 Å². The van der Waals surface area contributed by atoms with E-state index in [0.717, 1.165) is 35.4 Å². The summed E-state index contributed by atoms with van der Waals surface area (Å²) in [6.07, 6.45) is 4.03. The molecule has 2 aromatic rings. The fourth-order valence-electron chi connectivity index (χ4n) is 2.52. The van der Waals surface area contributed by atoms with Gasteiger partial charge in [-0.15, -0.1) is 5.10 Å². The number of anilines is 2. The Morgan fingerprint density at radius 3 is 2.68 bits per heavy atom. The lowest BCUT2D eigenvalue weighted by Gasteiger charge is -2.29. The van der Waals surface area contributed by atoms with Crippen LogP contribution >= 0.6 is 11.6 Å². The first kappa shape index (κ1) is 15.0. The highest BCUT2D eigenvalue weighted by atomic mass is 35.5. The summed E-state index contributed by atoms with van der Waals surface area (Å²) in [5.41, 5.74) is 1.15. The van der Waals surface area contributed by atoms with Crippen molar-refractivity contribution in [2.24, 2.45) is 5.92 Å². The Hall–Kier alpha value is -1.88. The van der Waals surface area contributed by atoms with Crippen molar-refractivity contribution in [2.45, 2.75) is 26.3 Å². The molecule has 0 saturated carbocycles. The number of benzene rings is 1. The highest BCUT2D eigenvalue weighted by Crippen LogP contribution is 2.20. The topological polar surface area (TPSA) is 53.9 Å². The fourth-order valence-corrected chi connectivity index (χ4v) is 2.64. The number of rotatable bonds is 4. The lowest BCUT2D eigenvalue weighted by molar-refractivity contribution is 0.433. The number of nitrogens with one attached hydrogen (secondary N) is 1. The first-order chi connectivity index (χ1) is 10.7. The summed E-state index contributed by atoms with van der Waals surface area (Å²) in [7, 11) is 0. The molecule has 1 aliphatic heterocycles. The predicted molar refractivity (Wildman–Crippen MR) is 89.2 cm³/mol. The summed E-state index contributed by atoms with van der Waals surface area (Å²) in [5.74, 6) is 2.25. The third-order valence-electron chi connectivity index (χ3n) is 4.00. The van der Waals surface area contributed by atoms with Crippen LogP contribution in [0.1, 0.15) is 25.3 Å². The Morgan fingerprint density at radius 1 is 1.23 bits per heavy atom. The SMILES string of the molecule is CC1CCN(c2nncc(NCc3ccc(Cl)cc3)n2)CC1. The summed E-state index contributed by atoms with van der Waals surface area (Å²) in [4.78, 5) is 6.78. The van der Waals surface area contributed by atoms with Crippen molar-refractivity contribution in [1.29, 1.82) is 0 Å². The average molecular weight is 318 g/mol. The van der Waals surface area contributed by atoms with E-state index in [2.05, 4.69) is 32.3 Å². The minimum Gasteiger partial charge on any atom is -0.365 e. The lowest BCUT2D eigenvalue weighted by Crippen LogP contribution is -2.34. The van der Waals surface area contributed by atoms with Crippen molar-refractivity contribution in [1.82, 2.24) is 15.2 Å². The quantitative estimate of drug-likeness (QED) is 0.937. The van der Waals surface area contributed by atoms with E-state index in [4.69, 9.17) is 11.6 Å². The predicted octanol–water partition coefficient (Wildman–Crippen LogP) is 3.37. The Balaban J connectivity index is 1.62. The zero-order chi connectivity index (χ0) is 15.4. The maximum Gasteiger partial charge on any atom is 0.247 e. The van der Waals surface area contributed by atoms with Gasteiger partial charge in [0.15, 0.2) is 5.82 Å². The van der Waals surface area contributed by atoms with Gasteiger partial charge in [-0.05, 0) is 36.5 Å². The third-order valence-corrected chi connectivity index (χ3v) is 4.25. The lowest BCUT2D eigenvalue weighted by atomic mass is 10.00. The first-order valence-corrected chi connectivity index (χ1v) is 8.01. The van der Waals surface area contributed by atoms with Gasteiger partial charge in [0.1, 0.15) is 0 Å². The number of hydrogen-bond acceptors (Lipinski definition) is 5. The highest BCUT2D eigenvalue weighted by Gasteiger charge is 2.18. The van der Waals surface area contributed by atoms with Crippen LogP contribution in [0, 0.1) is 5.92 Å². The maximum atomic E-state index is 5.89. The van der Waals surface area contributed by atoms with Crippen LogP contribution in [0.15, 0.2) is 30.5 Å². The molecule has 0 radical (unpaired) electrons. The molecule has 1 aromatic heterocycles. The number of nitrogens with zero attached hydrogens (tertiary/aromatic N) is 4. The van der Waals surface area contributed by atoms with Crippen LogP contribution in [0.25, 0.3) is 0 Å². The van der Waals surface area contributed by atoms with Crippen LogP contribution in [-0.2, 0) is 6.54 Å². The van der Waals surface area contributed by atoms with E-state index < -0.39 is 0 Å². The molecule has 3 rings (SSSR count). The van der Waals surface area contributed by atoms with E-state index in [1.807, 2.05) is 24.3 Å². The van der Waals surface area contributed by atoms with E-state index in [-0.39, 0.29) is 0 Å². The van der Waals surface area contributed by atoms with Crippen molar-refractivity contribution in [2.75, 3.05) is 23.3 Å². The van der Waals surface area contributed by atoms with E-state index in [0.29, 0.717) is 12.5 Å². The maximum absolute atomic E-state index is 5.89. The summed E-state index contributed by atoms with van der Waals surface area (Å²) < 4.78 is 0. The van der Waals surface area contributed by atoms with Gasteiger partial charge < -0.3 is 10.2 Å². The summed E-state index contributed by atoms with van der Waals surface area (Å²) >= 11 is 5.89. The third kappa shape index (κ3) is 3.85. The molecule has 22 heavy (non-hydrogen) atoms. The molecule has 1 saturated heterocycles. The number of halogens is 1. The molecule has 5 nitrogen and oxygen atoms in total. The van der Waals surface area contributed by atoms with E-state index in [9.17, 15) is 0 Å². The standard InChI is InChI=1S/C16H20ClN5/c1-12-6-8-22(9-7-12)16-20-15(11-19-21-16)18-10-13-2-4-14(17)5-3-13/h2-5,11-12H,6-10H2,1H3,(H,18,20,21). The summed E-state index contributed by atoms with van der Waals surface area (Å²) in [6.45, 7) is 4.99. The normalized spacial score (nSPS) is 15.8. The fraction of sp³-hybridized carbons (Fsp3) is 0.438. The van der Waals surface area contributed by atoms with Crippen molar-refractivity contribution in [3.8, 4) is 0 Å². The molecular weight excluding hydrogens is 298 g/mol. The number of hydrogen-bond donors (Lipinski definition) is 1. The molecule has 1 fully saturated rings. The number of piperidine rings is 1. The molecule has 116 valence electrons. The van der Waals surface area contributed by atoms with E-state index >= 15 is 0 Å². The Bertz CT molecular complexity index is 608. The van der Waals surface area contributed by atoms with Crippen molar-refractivity contribution >= 4 is 23.4 Å². The zero-order valence-corrected chi connectivity index (χ0v) is 13.4. The molecule has 0 spiro atoms. The van der Waals surface area contributed by atoms with Gasteiger partial charge in [0.05, 0.1) is 6.20 Å². The Kier molecular flexibility index (Phi) is 4.73. The zero-order valence-electron chi connectivity index (χ0n) is 12.7. The van der Waals surface area contributed by atoms with Crippen molar-refractivity contribution in [3.05, 3.63) is 41.0 Å². The van der Waals surface area contributed by atoms with E-state index in [1.165, 1.54) is 12.8 Å². The highest BCUT2D eigenvalue weighted by molar-refractivity contribution is 6.30. The minimum absolute atomic E-state index is 0.687. The molecule has 6 heteroatoms. The average Bonchev–Trinajstić information content (AvgIpc) is 2.55. The molecule has 1 aromatic carbocycles. The van der Waals surface area contributed by atoms with Crippen LogP contribution in [0.2, 0.25) is 5.02 Å². The van der Waals surface area contributed by atoms with Crippen molar-refractivity contribution < 1.29 is 0 Å². The second kappa shape index (κ2) is 6.92. The van der Waals surface area contributed by atoms with E-state index in [1.54, 1.807) is 6.20 Å².